The fraction of sp³-hybridized carbons (Fsp3) is 0.667. The molecular formula is C18H27NO2. The van der Waals surface area contributed by atoms with Crippen molar-refractivity contribution in [1.82, 2.24) is 5.32 Å². The van der Waals surface area contributed by atoms with Crippen LogP contribution in [0.1, 0.15) is 50.3 Å². The van der Waals surface area contributed by atoms with Crippen LogP contribution in [0.2, 0.25) is 0 Å². The van der Waals surface area contributed by atoms with Crippen molar-refractivity contribution >= 4 is 0 Å². The lowest BCUT2D eigenvalue weighted by Crippen LogP contribution is -2.36. The predicted octanol–water partition coefficient (Wildman–Crippen LogP) is 3.48. The minimum Gasteiger partial charge on any atom is -0.493 e. The van der Waals surface area contributed by atoms with Crippen molar-refractivity contribution in [2.75, 3.05) is 19.8 Å². The third kappa shape index (κ3) is 3.24. The molecule has 3 nitrogen and oxygen atoms in total. The third-order valence-electron chi connectivity index (χ3n) is 4.47. The molecule has 3 rings (SSSR count). The molecule has 2 aliphatic rings. The number of para-hydroxylation sites is 1. The summed E-state index contributed by atoms with van der Waals surface area (Å²) in [6.45, 7) is 6.92. The van der Waals surface area contributed by atoms with Gasteiger partial charge in [0, 0.05) is 18.6 Å². The normalized spacial score (nSPS) is 19.9. The van der Waals surface area contributed by atoms with Crippen LogP contribution in [0.5, 0.6) is 5.75 Å². The Balaban J connectivity index is 1.89. The Bertz CT molecular complexity index is 470. The molecule has 0 amide bonds. The lowest BCUT2D eigenvalue weighted by Gasteiger charge is -2.29. The zero-order valence-electron chi connectivity index (χ0n) is 13.2. The average molecular weight is 289 g/mol. The second kappa shape index (κ2) is 6.80. The highest BCUT2D eigenvalue weighted by atomic mass is 16.5. The highest BCUT2D eigenvalue weighted by molar-refractivity contribution is 5.46. The van der Waals surface area contributed by atoms with Gasteiger partial charge in [0.1, 0.15) is 5.75 Å². The van der Waals surface area contributed by atoms with E-state index in [1.807, 2.05) is 0 Å². The zero-order chi connectivity index (χ0) is 14.7. The zero-order valence-corrected chi connectivity index (χ0v) is 13.2. The predicted molar refractivity (Wildman–Crippen MR) is 84.8 cm³/mol. The number of hydrogen-bond acceptors (Lipinski definition) is 3. The second-order valence-electron chi connectivity index (χ2n) is 6.12. The Morgan fingerprint density at radius 2 is 2.19 bits per heavy atom. The molecule has 21 heavy (non-hydrogen) atoms. The van der Waals surface area contributed by atoms with E-state index in [1.54, 1.807) is 0 Å². The number of ether oxygens (including phenoxy) is 2. The van der Waals surface area contributed by atoms with Gasteiger partial charge in [0.15, 0.2) is 0 Å². The molecule has 1 aliphatic heterocycles. The lowest BCUT2D eigenvalue weighted by atomic mass is 9.95. The Morgan fingerprint density at radius 1 is 1.33 bits per heavy atom. The maximum atomic E-state index is 6.12. The Labute approximate surface area is 128 Å². The van der Waals surface area contributed by atoms with Gasteiger partial charge >= 0.3 is 0 Å². The molecule has 1 aromatic carbocycles. The Morgan fingerprint density at radius 3 is 2.90 bits per heavy atom. The van der Waals surface area contributed by atoms with Crippen molar-refractivity contribution in [3.63, 3.8) is 0 Å². The maximum Gasteiger partial charge on any atom is 0.127 e. The number of benzene rings is 1. The highest BCUT2D eigenvalue weighted by Gasteiger charge is 2.39. The molecule has 1 aliphatic carbocycles. The summed E-state index contributed by atoms with van der Waals surface area (Å²) in [5.41, 5.74) is 2.64. The van der Waals surface area contributed by atoms with E-state index in [0.29, 0.717) is 5.92 Å². The quantitative estimate of drug-likeness (QED) is 0.795. The first-order chi connectivity index (χ1) is 10.3. The fourth-order valence-electron chi connectivity index (χ4n) is 3.31. The van der Waals surface area contributed by atoms with Crippen molar-refractivity contribution < 1.29 is 9.47 Å². The second-order valence-corrected chi connectivity index (χ2v) is 6.12. The van der Waals surface area contributed by atoms with Gasteiger partial charge in [0.25, 0.3) is 0 Å². The summed E-state index contributed by atoms with van der Waals surface area (Å²) in [6, 6.07) is 6.83. The summed E-state index contributed by atoms with van der Waals surface area (Å²) in [6.07, 6.45) is 5.04. The smallest absolute Gasteiger partial charge is 0.127 e. The minimum absolute atomic E-state index is 0.255. The number of hydrogen-bond donors (Lipinski definition) is 1. The molecule has 1 fully saturated rings. The van der Waals surface area contributed by atoms with Crippen molar-refractivity contribution in [2.45, 2.75) is 51.7 Å². The first kappa shape index (κ1) is 14.9. The highest BCUT2D eigenvalue weighted by Crippen LogP contribution is 2.43. The molecule has 0 saturated heterocycles. The van der Waals surface area contributed by atoms with Crippen LogP contribution < -0.4 is 10.1 Å². The molecule has 1 heterocycles. The van der Waals surface area contributed by atoms with Gasteiger partial charge in [0.05, 0.1) is 18.8 Å². The van der Waals surface area contributed by atoms with Crippen LogP contribution in [0, 0.1) is 5.92 Å². The molecule has 1 saturated carbocycles. The summed E-state index contributed by atoms with van der Waals surface area (Å²) in [7, 11) is 0. The number of fused-ring (bicyclic) bond motifs is 1. The average Bonchev–Trinajstić information content (AvgIpc) is 3.23. The topological polar surface area (TPSA) is 30.5 Å². The standard InChI is InChI=1S/C18H27NO2/c1-3-11-19-16(18(20-4-2)14-8-9-14)15-7-5-6-13-10-12-21-17(13)15/h5-7,14,16,18-19H,3-4,8-12H2,1-2H3. The van der Waals surface area contributed by atoms with Crippen LogP contribution in [0.4, 0.5) is 0 Å². The van der Waals surface area contributed by atoms with Crippen LogP contribution in [0.25, 0.3) is 0 Å². The number of rotatable bonds is 8. The van der Waals surface area contributed by atoms with Crippen LogP contribution in [-0.4, -0.2) is 25.9 Å². The number of nitrogens with one attached hydrogen (secondary N) is 1. The van der Waals surface area contributed by atoms with E-state index in [1.165, 1.54) is 24.0 Å². The lowest BCUT2D eigenvalue weighted by molar-refractivity contribution is 0.0180. The van der Waals surface area contributed by atoms with Crippen LogP contribution >= 0.6 is 0 Å². The molecule has 3 heteroatoms. The van der Waals surface area contributed by atoms with Gasteiger partial charge in [-0.1, -0.05) is 25.1 Å². The van der Waals surface area contributed by atoms with E-state index in [9.17, 15) is 0 Å². The summed E-state index contributed by atoms with van der Waals surface area (Å²) >= 11 is 0. The van der Waals surface area contributed by atoms with E-state index in [4.69, 9.17) is 9.47 Å². The van der Waals surface area contributed by atoms with E-state index in [2.05, 4.69) is 37.4 Å². The molecule has 116 valence electrons. The van der Waals surface area contributed by atoms with Crippen molar-refractivity contribution in [1.29, 1.82) is 0 Å². The fourth-order valence-corrected chi connectivity index (χ4v) is 3.31. The van der Waals surface area contributed by atoms with Crippen LogP contribution in [-0.2, 0) is 11.2 Å². The molecular weight excluding hydrogens is 262 g/mol. The molecule has 0 spiro atoms. The summed E-state index contributed by atoms with van der Waals surface area (Å²) in [5, 5.41) is 3.72. The molecule has 2 atom stereocenters. The SMILES string of the molecule is CCCNC(c1cccc2c1OCC2)C(OCC)C1CC1. The van der Waals surface area contributed by atoms with Crippen molar-refractivity contribution in [3.8, 4) is 5.75 Å². The van der Waals surface area contributed by atoms with Gasteiger partial charge in [0.2, 0.25) is 0 Å². The molecule has 0 aromatic heterocycles. The van der Waals surface area contributed by atoms with Gasteiger partial charge in [-0.05, 0) is 44.2 Å². The molecule has 2 unspecified atom stereocenters. The van der Waals surface area contributed by atoms with Crippen LogP contribution in [0.3, 0.4) is 0 Å². The summed E-state index contributed by atoms with van der Waals surface area (Å²) < 4.78 is 12.0. The minimum atomic E-state index is 0.255. The first-order valence-electron chi connectivity index (χ1n) is 8.44. The molecule has 1 aromatic rings. The first-order valence-corrected chi connectivity index (χ1v) is 8.44. The largest absolute Gasteiger partial charge is 0.493 e. The molecule has 0 radical (unpaired) electrons. The Hall–Kier alpha value is -1.06. The van der Waals surface area contributed by atoms with Gasteiger partial charge < -0.3 is 14.8 Å². The van der Waals surface area contributed by atoms with Crippen LogP contribution in [0.15, 0.2) is 18.2 Å². The van der Waals surface area contributed by atoms with Gasteiger partial charge in [-0.15, -0.1) is 0 Å². The van der Waals surface area contributed by atoms with E-state index >= 15 is 0 Å². The summed E-state index contributed by atoms with van der Waals surface area (Å²) in [4.78, 5) is 0. The van der Waals surface area contributed by atoms with Gasteiger partial charge in [-0.3, -0.25) is 0 Å². The van der Waals surface area contributed by atoms with Gasteiger partial charge in [-0.2, -0.15) is 0 Å². The van der Waals surface area contributed by atoms with E-state index in [0.717, 1.165) is 38.3 Å². The van der Waals surface area contributed by atoms with Crippen molar-refractivity contribution in [3.05, 3.63) is 29.3 Å². The third-order valence-corrected chi connectivity index (χ3v) is 4.47. The molecule has 0 bridgehead atoms. The van der Waals surface area contributed by atoms with E-state index in [-0.39, 0.29) is 12.1 Å². The maximum absolute atomic E-state index is 6.12. The van der Waals surface area contributed by atoms with E-state index < -0.39 is 0 Å². The monoisotopic (exact) mass is 289 g/mol. The summed E-state index contributed by atoms with van der Waals surface area (Å²) in [5.74, 6) is 1.81. The Kier molecular flexibility index (Phi) is 4.81. The van der Waals surface area contributed by atoms with Crippen molar-refractivity contribution in [2.24, 2.45) is 5.92 Å². The van der Waals surface area contributed by atoms with Gasteiger partial charge in [-0.25, -0.2) is 0 Å². The molecule has 1 N–H and O–H groups in total.